The number of likely N-dealkylation sites (N-methyl/N-ethyl adjacent to an activating group) is 1. The van der Waals surface area contributed by atoms with E-state index in [9.17, 15) is 28.8 Å². The second kappa shape index (κ2) is 18.8. The fourth-order valence-corrected chi connectivity index (χ4v) is 6.31. The Bertz CT molecular complexity index is 1770. The number of nitrogens with zero attached hydrogens (tertiary/aromatic N) is 3. The van der Waals surface area contributed by atoms with E-state index in [-0.39, 0.29) is 31.2 Å². The summed E-state index contributed by atoms with van der Waals surface area (Å²) >= 11 is 1.17. The van der Waals surface area contributed by atoms with Crippen LogP contribution in [0.1, 0.15) is 54.8 Å². The van der Waals surface area contributed by atoms with Crippen molar-refractivity contribution in [3.8, 4) is 11.5 Å². The second-order valence-electron chi connectivity index (χ2n) is 13.1. The lowest BCUT2D eigenvalue weighted by Gasteiger charge is -2.29. The van der Waals surface area contributed by atoms with Gasteiger partial charge in [-0.3, -0.25) is 28.8 Å². The van der Waals surface area contributed by atoms with E-state index < -0.39 is 66.2 Å². The van der Waals surface area contributed by atoms with Crippen LogP contribution in [0, 0.1) is 5.92 Å². The molecule has 53 heavy (non-hydrogen) atoms. The number of thiazole rings is 1. The lowest BCUT2D eigenvalue weighted by molar-refractivity contribution is -0.140. The van der Waals surface area contributed by atoms with Gasteiger partial charge in [-0.15, -0.1) is 11.3 Å². The molecule has 1 aliphatic heterocycles. The van der Waals surface area contributed by atoms with Crippen molar-refractivity contribution in [2.24, 2.45) is 5.92 Å². The summed E-state index contributed by atoms with van der Waals surface area (Å²) in [6.07, 6.45) is 0.333. The predicted octanol–water partition coefficient (Wildman–Crippen LogP) is 1.70. The van der Waals surface area contributed by atoms with Crippen molar-refractivity contribution in [2.75, 3.05) is 40.4 Å². The first-order valence-electron chi connectivity index (χ1n) is 17.3. The number of ether oxygens (including phenoxy) is 2. The van der Waals surface area contributed by atoms with Gasteiger partial charge >= 0.3 is 0 Å². The van der Waals surface area contributed by atoms with Gasteiger partial charge in [0.1, 0.15) is 40.3 Å². The highest BCUT2D eigenvalue weighted by Gasteiger charge is 2.31. The fourth-order valence-electron chi connectivity index (χ4n) is 5.46. The standard InChI is InChI=1S/C37H47N7O8S/c1-22(2)32-35(49)39-24(4)37(50)43(5)15-16-44(31(46)20-52-27-14-10-13-26(18-27)51-6)19-30(45)40-28(17-25-11-8-7-9-12-25)36-41-29(21-53-36)34(48)38-23(3)33(47)42-32/h7-14,18,21-24,28,32H,15-17,19-20H2,1-6H3,(H,38,48)(H,39,49)(H,40,45)(H,42,47)/t23-,24+,28-,32-/m0/s1. The minimum Gasteiger partial charge on any atom is -0.497 e. The molecule has 4 rings (SSSR count). The first-order chi connectivity index (χ1) is 25.2. The highest BCUT2D eigenvalue weighted by Crippen LogP contribution is 2.23. The quantitative estimate of drug-likeness (QED) is 0.279. The third-order valence-electron chi connectivity index (χ3n) is 8.56. The Hall–Kier alpha value is -5.51. The van der Waals surface area contributed by atoms with Crippen molar-refractivity contribution in [2.45, 2.75) is 58.3 Å². The Kier molecular flexibility index (Phi) is 14.3. The summed E-state index contributed by atoms with van der Waals surface area (Å²) in [4.78, 5) is 87.5. The maximum Gasteiger partial charge on any atom is 0.271 e. The Balaban J connectivity index is 1.64. The number of carbonyl (C=O) groups excluding carboxylic acids is 6. The molecule has 0 saturated heterocycles. The van der Waals surface area contributed by atoms with Gasteiger partial charge in [0.15, 0.2) is 6.61 Å². The van der Waals surface area contributed by atoms with Crippen LogP contribution in [0.2, 0.25) is 0 Å². The van der Waals surface area contributed by atoms with Crippen LogP contribution in [0.5, 0.6) is 11.5 Å². The van der Waals surface area contributed by atoms with Crippen molar-refractivity contribution < 1.29 is 38.2 Å². The molecule has 0 saturated carbocycles. The molecule has 0 unspecified atom stereocenters. The first-order valence-corrected chi connectivity index (χ1v) is 18.1. The van der Waals surface area contributed by atoms with E-state index in [4.69, 9.17) is 9.47 Å². The number of carbonyl (C=O) groups is 6. The zero-order chi connectivity index (χ0) is 38.7. The summed E-state index contributed by atoms with van der Waals surface area (Å²) in [5.41, 5.74) is 0.939. The van der Waals surface area contributed by atoms with Crippen LogP contribution in [0.3, 0.4) is 0 Å². The Morgan fingerprint density at radius 3 is 2.32 bits per heavy atom. The number of benzene rings is 2. The van der Waals surface area contributed by atoms with Crippen LogP contribution < -0.4 is 30.7 Å². The highest BCUT2D eigenvalue weighted by atomic mass is 32.1. The van der Waals surface area contributed by atoms with Gasteiger partial charge in [-0.25, -0.2) is 4.98 Å². The summed E-state index contributed by atoms with van der Waals surface area (Å²) in [7, 11) is 3.04. The molecule has 0 aliphatic carbocycles. The number of fused-ring (bicyclic) bond motifs is 2. The third kappa shape index (κ3) is 11.5. The molecule has 16 heteroatoms. The van der Waals surface area contributed by atoms with Gasteiger partial charge in [0.25, 0.3) is 11.8 Å². The number of rotatable bonds is 7. The van der Waals surface area contributed by atoms with Crippen molar-refractivity contribution >= 4 is 46.8 Å². The summed E-state index contributed by atoms with van der Waals surface area (Å²) in [6, 6.07) is 12.5. The van der Waals surface area contributed by atoms with Crippen LogP contribution in [0.4, 0.5) is 0 Å². The SMILES string of the molecule is COc1cccc(OCC(=O)N2CCN(C)C(=O)[C@@H](C)NC(=O)[C@H](C(C)C)NC(=O)[C@H](C)NC(=O)c3csc(n3)[C@H](Cc3ccccc3)NC(=O)C2)c1. The van der Waals surface area contributed by atoms with Crippen molar-refractivity contribution in [1.82, 2.24) is 36.1 Å². The first kappa shape index (κ1) is 40.3. The molecular formula is C37H47N7O8S. The molecule has 0 fully saturated rings. The normalized spacial score (nSPS) is 21.2. The maximum atomic E-state index is 13.7. The molecule has 3 aromatic rings. The van der Waals surface area contributed by atoms with Gasteiger partial charge in [0.2, 0.25) is 23.6 Å². The highest BCUT2D eigenvalue weighted by molar-refractivity contribution is 7.09. The molecule has 4 N–H and O–H groups in total. The molecule has 0 spiro atoms. The van der Waals surface area contributed by atoms with Gasteiger partial charge in [-0.1, -0.05) is 50.2 Å². The summed E-state index contributed by atoms with van der Waals surface area (Å²) in [5.74, 6) is -2.69. The third-order valence-corrected chi connectivity index (χ3v) is 9.52. The van der Waals surface area contributed by atoms with E-state index in [1.54, 1.807) is 38.1 Å². The van der Waals surface area contributed by atoms with Crippen LogP contribution in [0.25, 0.3) is 0 Å². The minimum atomic E-state index is -1.03. The molecule has 4 atom stereocenters. The Labute approximate surface area is 312 Å². The van der Waals surface area contributed by atoms with Gasteiger partial charge in [-0.05, 0) is 43.9 Å². The maximum absolute atomic E-state index is 13.7. The molecule has 1 aliphatic rings. The van der Waals surface area contributed by atoms with Gasteiger partial charge in [0, 0.05) is 31.6 Å². The average Bonchev–Trinajstić information content (AvgIpc) is 3.64. The van der Waals surface area contributed by atoms with Crippen molar-refractivity contribution in [1.29, 1.82) is 0 Å². The van der Waals surface area contributed by atoms with E-state index in [1.165, 1.54) is 54.5 Å². The fraction of sp³-hybridized carbons (Fsp3) is 0.432. The number of hydrogen-bond acceptors (Lipinski definition) is 10. The van der Waals surface area contributed by atoms with E-state index in [0.717, 1.165) is 5.56 Å². The monoisotopic (exact) mass is 749 g/mol. The van der Waals surface area contributed by atoms with Crippen molar-refractivity contribution in [3.63, 3.8) is 0 Å². The zero-order valence-electron chi connectivity index (χ0n) is 30.7. The van der Waals surface area contributed by atoms with Crippen LogP contribution in [-0.2, 0) is 30.4 Å². The molecule has 2 bridgehead atoms. The van der Waals surface area contributed by atoms with Gasteiger partial charge in [0.05, 0.1) is 19.7 Å². The van der Waals surface area contributed by atoms with E-state index >= 15 is 0 Å². The number of hydrogen-bond donors (Lipinski definition) is 4. The molecule has 284 valence electrons. The van der Waals surface area contributed by atoms with Crippen LogP contribution >= 0.6 is 11.3 Å². The predicted molar refractivity (Wildman–Crippen MR) is 197 cm³/mol. The minimum absolute atomic E-state index is 0.0240. The second-order valence-corrected chi connectivity index (χ2v) is 14.0. The number of aromatic nitrogens is 1. The summed E-state index contributed by atoms with van der Waals surface area (Å²) < 4.78 is 11.0. The summed E-state index contributed by atoms with van der Waals surface area (Å²) in [6.45, 7) is 5.70. The Morgan fingerprint density at radius 1 is 0.906 bits per heavy atom. The summed E-state index contributed by atoms with van der Waals surface area (Å²) in [5, 5.41) is 12.9. The molecule has 2 aromatic carbocycles. The van der Waals surface area contributed by atoms with E-state index in [1.807, 2.05) is 30.3 Å². The molecule has 15 nitrogen and oxygen atoms in total. The van der Waals surface area contributed by atoms with E-state index in [0.29, 0.717) is 22.9 Å². The molecule has 0 radical (unpaired) electrons. The van der Waals surface area contributed by atoms with Crippen LogP contribution in [-0.4, -0.2) is 109 Å². The average molecular weight is 750 g/mol. The molecule has 2 heterocycles. The van der Waals surface area contributed by atoms with E-state index in [2.05, 4.69) is 26.3 Å². The van der Waals surface area contributed by atoms with Gasteiger partial charge < -0.3 is 40.5 Å². The Morgan fingerprint density at radius 2 is 1.62 bits per heavy atom. The number of nitrogens with one attached hydrogen (secondary N) is 4. The van der Waals surface area contributed by atoms with Crippen molar-refractivity contribution in [3.05, 3.63) is 76.2 Å². The lowest BCUT2D eigenvalue weighted by atomic mass is 10.0. The van der Waals surface area contributed by atoms with Crippen LogP contribution in [0.15, 0.2) is 60.0 Å². The lowest BCUT2D eigenvalue weighted by Crippen LogP contribution is -2.57. The number of methoxy groups -OCH3 is 1. The van der Waals surface area contributed by atoms with Gasteiger partial charge in [-0.2, -0.15) is 0 Å². The largest absolute Gasteiger partial charge is 0.497 e. The number of amides is 6. The zero-order valence-corrected chi connectivity index (χ0v) is 31.5. The smallest absolute Gasteiger partial charge is 0.271 e. The molecule has 1 aromatic heterocycles. The molecular weight excluding hydrogens is 703 g/mol. The molecule has 6 amide bonds. The topological polar surface area (TPSA) is 188 Å².